The second kappa shape index (κ2) is 5.88. The highest BCUT2D eigenvalue weighted by atomic mass is 16.5. The fourth-order valence-corrected chi connectivity index (χ4v) is 0.220. The van der Waals surface area contributed by atoms with Gasteiger partial charge >= 0.3 is 0 Å². The third-order valence-corrected chi connectivity index (χ3v) is 0.455. The Balaban J connectivity index is 2.45. The molecule has 0 rings (SSSR count). The van der Waals surface area contributed by atoms with E-state index in [1.54, 1.807) is 0 Å². The van der Waals surface area contributed by atoms with E-state index in [0.29, 0.717) is 0 Å². The zero-order valence-electron chi connectivity index (χ0n) is 4.05. The molecule has 0 aromatic carbocycles. The van der Waals surface area contributed by atoms with Gasteiger partial charge in [-0.3, -0.25) is 0 Å². The minimum atomic E-state index is -0.250. The molecule has 0 radical (unpaired) electrons. The molecule has 0 saturated carbocycles. The fourth-order valence-electron chi connectivity index (χ4n) is 0.220. The van der Waals surface area contributed by atoms with Crippen LogP contribution in [0.5, 0.6) is 0 Å². The van der Waals surface area contributed by atoms with E-state index in [1.165, 1.54) is 0 Å². The van der Waals surface area contributed by atoms with Gasteiger partial charge in [-0.25, -0.2) is 0 Å². The molecule has 3 heteroatoms. The molecule has 3 nitrogen and oxygen atoms in total. The maximum absolute atomic E-state index is 9.58. The van der Waals surface area contributed by atoms with Gasteiger partial charge in [0, 0.05) is 13.2 Å². The monoisotopic (exact) mass is 104 g/mol. The van der Waals surface area contributed by atoms with E-state index < -0.39 is 0 Å². The van der Waals surface area contributed by atoms with E-state index in [4.69, 9.17) is 0 Å². The Labute approximate surface area is 42.5 Å². The summed E-state index contributed by atoms with van der Waals surface area (Å²) in [6.45, 7) is -0.162. The van der Waals surface area contributed by atoms with Crippen molar-refractivity contribution < 1.29 is 14.9 Å². The summed E-state index contributed by atoms with van der Waals surface area (Å²) >= 11 is 0. The summed E-state index contributed by atoms with van der Waals surface area (Å²) in [6, 6.07) is 0. The fraction of sp³-hybridized carbons (Fsp3) is 1.00. The van der Waals surface area contributed by atoms with Crippen LogP contribution in [0.15, 0.2) is 0 Å². The normalized spacial score (nSPS) is 9.43. The molecule has 0 unspecified atom stereocenters. The van der Waals surface area contributed by atoms with Crippen molar-refractivity contribution in [1.29, 1.82) is 0 Å². The van der Waals surface area contributed by atoms with Crippen LogP contribution < -0.4 is 10.2 Å². The Morgan fingerprint density at radius 1 is 1.00 bits per heavy atom. The van der Waals surface area contributed by atoms with E-state index in [9.17, 15) is 10.2 Å². The molecule has 0 aliphatic carbocycles. The smallest absolute Gasteiger partial charge is 0.0312 e. The minimum Gasteiger partial charge on any atom is -0.853 e. The highest BCUT2D eigenvalue weighted by molar-refractivity contribution is 4.21. The summed E-state index contributed by atoms with van der Waals surface area (Å²) in [7, 11) is 0. The summed E-state index contributed by atoms with van der Waals surface area (Å²) in [5, 5.41) is 19.2. The van der Waals surface area contributed by atoms with Crippen molar-refractivity contribution >= 4 is 0 Å². The van der Waals surface area contributed by atoms with Crippen molar-refractivity contribution in [3.8, 4) is 0 Å². The van der Waals surface area contributed by atoms with Crippen molar-refractivity contribution in [2.45, 2.75) is 0 Å². The molecule has 0 aliphatic heterocycles. The average molecular weight is 104 g/mol. The summed E-state index contributed by atoms with van der Waals surface area (Å²) in [5.41, 5.74) is 0. The van der Waals surface area contributed by atoms with Crippen molar-refractivity contribution in [2.24, 2.45) is 0 Å². The molecule has 0 fully saturated rings. The van der Waals surface area contributed by atoms with Crippen molar-refractivity contribution in [3.05, 3.63) is 0 Å². The number of rotatable bonds is 4. The molecular weight excluding hydrogens is 96.0 g/mol. The first-order valence-electron chi connectivity index (χ1n) is 2.15. The Kier molecular flexibility index (Phi) is 5.78. The second-order valence-corrected chi connectivity index (χ2v) is 1.02. The van der Waals surface area contributed by atoms with Gasteiger partial charge in [-0.05, 0) is 0 Å². The van der Waals surface area contributed by atoms with E-state index in [-0.39, 0.29) is 26.4 Å². The molecule has 0 bridgehead atoms. The number of hydrogen-bond donors (Lipinski definition) is 0. The lowest BCUT2D eigenvalue weighted by Gasteiger charge is -2.06. The van der Waals surface area contributed by atoms with Gasteiger partial charge in [0.05, 0.1) is 0 Å². The molecule has 0 aliphatic rings. The van der Waals surface area contributed by atoms with E-state index in [0.717, 1.165) is 0 Å². The number of hydrogen-bond acceptors (Lipinski definition) is 3. The van der Waals surface area contributed by atoms with Gasteiger partial charge in [0.25, 0.3) is 0 Å². The third-order valence-electron chi connectivity index (χ3n) is 0.455. The molecule has 0 atom stereocenters. The zero-order valence-corrected chi connectivity index (χ0v) is 4.05. The quantitative estimate of drug-likeness (QED) is 0.378. The highest BCUT2D eigenvalue weighted by Crippen LogP contribution is 1.64. The Morgan fingerprint density at radius 3 is 1.71 bits per heavy atom. The van der Waals surface area contributed by atoms with Gasteiger partial charge in [-0.2, -0.15) is 0 Å². The van der Waals surface area contributed by atoms with Crippen LogP contribution in [0, 0.1) is 0 Å². The third kappa shape index (κ3) is 5.88. The molecule has 0 heterocycles. The summed E-state index contributed by atoms with van der Waals surface area (Å²) < 4.78 is 4.51. The lowest BCUT2D eigenvalue weighted by molar-refractivity contribution is -0.387. The lowest BCUT2D eigenvalue weighted by Crippen LogP contribution is -2.18. The van der Waals surface area contributed by atoms with Crippen LogP contribution in [0.2, 0.25) is 0 Å². The van der Waals surface area contributed by atoms with E-state index in [1.807, 2.05) is 0 Å². The predicted molar refractivity (Wildman–Crippen MR) is 20.6 cm³/mol. The highest BCUT2D eigenvalue weighted by Gasteiger charge is 1.70. The Hall–Kier alpha value is -0.120. The van der Waals surface area contributed by atoms with Crippen LogP contribution in [0.3, 0.4) is 0 Å². The Morgan fingerprint density at radius 2 is 1.43 bits per heavy atom. The van der Waals surface area contributed by atoms with Gasteiger partial charge in [0.15, 0.2) is 0 Å². The SMILES string of the molecule is [O-]CCOCC[O-]. The topological polar surface area (TPSA) is 55.3 Å². The molecule has 0 spiro atoms. The largest absolute Gasteiger partial charge is 0.853 e. The average Bonchev–Trinajstić information content (AvgIpc) is 1.69. The molecule has 7 heavy (non-hydrogen) atoms. The first kappa shape index (κ1) is 6.88. The van der Waals surface area contributed by atoms with Gasteiger partial charge in [-0.1, -0.05) is 0 Å². The van der Waals surface area contributed by atoms with Crippen LogP contribution in [-0.4, -0.2) is 26.4 Å². The lowest BCUT2D eigenvalue weighted by atomic mass is 10.7. The maximum atomic E-state index is 9.58. The van der Waals surface area contributed by atoms with Crippen LogP contribution in [-0.2, 0) is 4.74 Å². The first-order valence-corrected chi connectivity index (χ1v) is 2.15. The van der Waals surface area contributed by atoms with Gasteiger partial charge in [-0.15, -0.1) is 13.2 Å². The van der Waals surface area contributed by atoms with E-state index >= 15 is 0 Å². The Bertz CT molecular complexity index is 26.1. The maximum Gasteiger partial charge on any atom is 0.0312 e. The molecule has 0 aromatic rings. The van der Waals surface area contributed by atoms with Crippen LogP contribution in [0.1, 0.15) is 0 Å². The minimum absolute atomic E-state index is 0.169. The molecule has 0 saturated heterocycles. The van der Waals surface area contributed by atoms with Gasteiger partial charge in [0.1, 0.15) is 0 Å². The van der Waals surface area contributed by atoms with Gasteiger partial charge < -0.3 is 14.9 Å². The second-order valence-electron chi connectivity index (χ2n) is 1.02. The van der Waals surface area contributed by atoms with Gasteiger partial charge in [0.2, 0.25) is 0 Å². The predicted octanol–water partition coefficient (Wildman–Crippen LogP) is -2.28. The first-order chi connectivity index (χ1) is 3.41. The molecule has 44 valence electrons. The summed E-state index contributed by atoms with van der Waals surface area (Å²) in [4.78, 5) is 0. The summed E-state index contributed by atoms with van der Waals surface area (Å²) in [5.74, 6) is 0. The van der Waals surface area contributed by atoms with Crippen molar-refractivity contribution in [1.82, 2.24) is 0 Å². The van der Waals surface area contributed by atoms with Crippen molar-refractivity contribution in [3.63, 3.8) is 0 Å². The molecule has 0 aromatic heterocycles. The van der Waals surface area contributed by atoms with E-state index in [2.05, 4.69) is 4.74 Å². The van der Waals surface area contributed by atoms with Crippen LogP contribution in [0.25, 0.3) is 0 Å². The molecular formula is C4H8O3-2. The van der Waals surface area contributed by atoms with Crippen molar-refractivity contribution in [2.75, 3.05) is 26.4 Å². The zero-order chi connectivity index (χ0) is 5.54. The summed E-state index contributed by atoms with van der Waals surface area (Å²) in [6.07, 6.45) is 0. The number of ether oxygens (including phenoxy) is 1. The van der Waals surface area contributed by atoms with Crippen LogP contribution >= 0.6 is 0 Å². The van der Waals surface area contributed by atoms with Crippen LogP contribution in [0.4, 0.5) is 0 Å². The molecule has 0 amide bonds. The molecule has 0 N–H and O–H groups in total. The standard InChI is InChI=1S/C4H8O3/c5-1-3-7-4-2-6/h1-4H2/q-2.